The van der Waals surface area contributed by atoms with Crippen LogP contribution >= 0.6 is 0 Å². The van der Waals surface area contributed by atoms with E-state index in [0.29, 0.717) is 12.1 Å². The highest BCUT2D eigenvalue weighted by molar-refractivity contribution is 5.80. The number of hydrogen-bond acceptors (Lipinski definition) is 3. The molecular formula is C16H29N3O. The first kappa shape index (κ1) is 14.3. The van der Waals surface area contributed by atoms with Gasteiger partial charge >= 0.3 is 0 Å². The molecule has 0 aromatic heterocycles. The summed E-state index contributed by atoms with van der Waals surface area (Å²) in [5.41, 5.74) is 0. The summed E-state index contributed by atoms with van der Waals surface area (Å²) >= 11 is 0. The van der Waals surface area contributed by atoms with Gasteiger partial charge in [-0.15, -0.1) is 0 Å². The molecule has 3 aliphatic rings. The van der Waals surface area contributed by atoms with Crippen LogP contribution in [0.1, 0.15) is 51.9 Å². The van der Waals surface area contributed by atoms with Gasteiger partial charge in [-0.2, -0.15) is 0 Å². The minimum atomic E-state index is 0.239. The summed E-state index contributed by atoms with van der Waals surface area (Å²) < 4.78 is 0. The van der Waals surface area contributed by atoms with Crippen molar-refractivity contribution in [2.45, 2.75) is 70.0 Å². The molecular weight excluding hydrogens is 250 g/mol. The molecule has 3 fully saturated rings. The molecule has 4 nitrogen and oxygen atoms in total. The summed E-state index contributed by atoms with van der Waals surface area (Å²) in [6.45, 7) is 5.55. The number of hydrogen-bond donors (Lipinski definition) is 2. The first-order valence-corrected chi connectivity index (χ1v) is 8.52. The van der Waals surface area contributed by atoms with Gasteiger partial charge in [-0.25, -0.2) is 0 Å². The van der Waals surface area contributed by atoms with Crippen LogP contribution in [-0.4, -0.2) is 48.6 Å². The third-order valence-corrected chi connectivity index (χ3v) is 5.50. The van der Waals surface area contributed by atoms with Gasteiger partial charge in [0.2, 0.25) is 5.91 Å². The highest BCUT2D eigenvalue weighted by atomic mass is 16.1. The summed E-state index contributed by atoms with van der Waals surface area (Å²) in [6.07, 6.45) is 8.65. The average molecular weight is 279 g/mol. The Labute approximate surface area is 122 Å². The van der Waals surface area contributed by atoms with Gasteiger partial charge in [0.05, 0.1) is 5.92 Å². The van der Waals surface area contributed by atoms with Crippen LogP contribution in [-0.2, 0) is 4.79 Å². The molecule has 3 rings (SSSR count). The predicted octanol–water partition coefficient (Wildman–Crippen LogP) is 1.51. The number of likely N-dealkylation sites (tertiary alicyclic amines) is 1. The molecule has 0 spiro atoms. The van der Waals surface area contributed by atoms with Gasteiger partial charge in [0.1, 0.15) is 0 Å². The summed E-state index contributed by atoms with van der Waals surface area (Å²) in [5, 5.41) is 6.70. The molecule has 4 heteroatoms. The number of piperidine rings is 1. The highest BCUT2D eigenvalue weighted by Crippen LogP contribution is 2.33. The van der Waals surface area contributed by atoms with E-state index < -0.39 is 0 Å². The lowest BCUT2D eigenvalue weighted by molar-refractivity contribution is -0.125. The van der Waals surface area contributed by atoms with E-state index in [-0.39, 0.29) is 11.8 Å². The molecule has 114 valence electrons. The van der Waals surface area contributed by atoms with E-state index in [9.17, 15) is 4.79 Å². The van der Waals surface area contributed by atoms with Crippen molar-refractivity contribution in [1.82, 2.24) is 15.5 Å². The standard InChI is InChI=1S/C16H29N3O/c1-12-5-2-3-9-19(12)10-4-8-17-16(20)14-11-13-6-7-15(14)18-13/h12-15,18H,2-11H2,1H3,(H,17,20). The second kappa shape index (κ2) is 6.44. The maximum atomic E-state index is 12.2. The Kier molecular flexibility index (Phi) is 4.61. The Bertz CT molecular complexity index is 347. The van der Waals surface area contributed by atoms with Crippen LogP contribution in [0.25, 0.3) is 0 Å². The highest BCUT2D eigenvalue weighted by Gasteiger charge is 2.42. The fourth-order valence-corrected chi connectivity index (χ4v) is 4.23. The Hall–Kier alpha value is -0.610. The van der Waals surface area contributed by atoms with Crippen molar-refractivity contribution in [1.29, 1.82) is 0 Å². The molecule has 20 heavy (non-hydrogen) atoms. The lowest BCUT2D eigenvalue weighted by Gasteiger charge is -2.33. The van der Waals surface area contributed by atoms with Crippen molar-refractivity contribution < 1.29 is 4.79 Å². The van der Waals surface area contributed by atoms with E-state index in [1.54, 1.807) is 0 Å². The minimum absolute atomic E-state index is 0.239. The van der Waals surface area contributed by atoms with E-state index >= 15 is 0 Å². The van der Waals surface area contributed by atoms with Crippen LogP contribution in [0.3, 0.4) is 0 Å². The monoisotopic (exact) mass is 279 g/mol. The Morgan fingerprint density at radius 3 is 2.90 bits per heavy atom. The van der Waals surface area contributed by atoms with Gasteiger partial charge in [0.15, 0.2) is 0 Å². The van der Waals surface area contributed by atoms with Crippen LogP contribution in [0.15, 0.2) is 0 Å². The van der Waals surface area contributed by atoms with Crippen molar-refractivity contribution in [3.05, 3.63) is 0 Å². The van der Waals surface area contributed by atoms with Crippen LogP contribution in [0.5, 0.6) is 0 Å². The SMILES string of the molecule is CC1CCCCN1CCCNC(=O)C1CC2CCC1N2. The van der Waals surface area contributed by atoms with E-state index in [2.05, 4.69) is 22.5 Å². The van der Waals surface area contributed by atoms with Crippen molar-refractivity contribution >= 4 is 5.91 Å². The Morgan fingerprint density at radius 1 is 1.30 bits per heavy atom. The summed E-state index contributed by atoms with van der Waals surface area (Å²) in [4.78, 5) is 14.8. The molecule has 3 heterocycles. The van der Waals surface area contributed by atoms with E-state index in [0.717, 1.165) is 32.0 Å². The van der Waals surface area contributed by atoms with Crippen LogP contribution < -0.4 is 10.6 Å². The number of carbonyl (C=O) groups is 1. The summed E-state index contributed by atoms with van der Waals surface area (Å²) in [7, 11) is 0. The minimum Gasteiger partial charge on any atom is -0.356 e. The normalized spacial score (nSPS) is 37.2. The summed E-state index contributed by atoms with van der Waals surface area (Å²) in [6, 6.07) is 1.81. The van der Waals surface area contributed by atoms with Gasteiger partial charge in [0, 0.05) is 31.2 Å². The fraction of sp³-hybridized carbons (Fsp3) is 0.938. The molecule has 0 aromatic rings. The molecule has 0 aromatic carbocycles. The molecule has 0 saturated carbocycles. The molecule has 0 radical (unpaired) electrons. The lowest BCUT2D eigenvalue weighted by Crippen LogP contribution is -2.41. The van der Waals surface area contributed by atoms with Gasteiger partial charge < -0.3 is 15.5 Å². The van der Waals surface area contributed by atoms with Crippen molar-refractivity contribution in [3.63, 3.8) is 0 Å². The zero-order valence-electron chi connectivity index (χ0n) is 12.7. The predicted molar refractivity (Wildman–Crippen MR) is 80.6 cm³/mol. The molecule has 3 saturated heterocycles. The zero-order valence-corrected chi connectivity index (χ0v) is 12.7. The van der Waals surface area contributed by atoms with Crippen LogP contribution in [0.2, 0.25) is 0 Å². The molecule has 1 amide bonds. The molecule has 2 bridgehead atoms. The van der Waals surface area contributed by atoms with Crippen molar-refractivity contribution in [3.8, 4) is 0 Å². The number of carbonyl (C=O) groups excluding carboxylic acids is 1. The van der Waals surface area contributed by atoms with E-state index in [1.165, 1.54) is 38.6 Å². The summed E-state index contributed by atoms with van der Waals surface area (Å²) in [5.74, 6) is 0.527. The molecule has 4 unspecified atom stereocenters. The number of nitrogens with one attached hydrogen (secondary N) is 2. The fourth-order valence-electron chi connectivity index (χ4n) is 4.23. The third-order valence-electron chi connectivity index (χ3n) is 5.50. The number of nitrogens with zero attached hydrogens (tertiary/aromatic N) is 1. The van der Waals surface area contributed by atoms with E-state index in [4.69, 9.17) is 0 Å². The molecule has 3 aliphatic heterocycles. The number of amides is 1. The maximum Gasteiger partial charge on any atom is 0.224 e. The van der Waals surface area contributed by atoms with Gasteiger partial charge in [0.25, 0.3) is 0 Å². The second-order valence-electron chi connectivity index (χ2n) is 6.91. The van der Waals surface area contributed by atoms with Gasteiger partial charge in [-0.3, -0.25) is 4.79 Å². The maximum absolute atomic E-state index is 12.2. The average Bonchev–Trinajstić information content (AvgIpc) is 3.07. The van der Waals surface area contributed by atoms with Gasteiger partial charge in [-0.1, -0.05) is 6.42 Å². The van der Waals surface area contributed by atoms with Crippen molar-refractivity contribution in [2.24, 2.45) is 5.92 Å². The molecule has 2 N–H and O–H groups in total. The molecule has 4 atom stereocenters. The quantitative estimate of drug-likeness (QED) is 0.750. The zero-order chi connectivity index (χ0) is 13.9. The smallest absolute Gasteiger partial charge is 0.224 e. The largest absolute Gasteiger partial charge is 0.356 e. The van der Waals surface area contributed by atoms with E-state index in [1.807, 2.05) is 0 Å². The lowest BCUT2D eigenvalue weighted by atomic mass is 9.88. The van der Waals surface area contributed by atoms with Crippen LogP contribution in [0.4, 0.5) is 0 Å². The Balaban J connectivity index is 1.32. The number of rotatable bonds is 5. The Morgan fingerprint density at radius 2 is 2.20 bits per heavy atom. The second-order valence-corrected chi connectivity index (χ2v) is 6.91. The van der Waals surface area contributed by atoms with Crippen LogP contribution in [0, 0.1) is 5.92 Å². The first-order valence-electron chi connectivity index (χ1n) is 8.52. The number of fused-ring (bicyclic) bond motifs is 2. The third kappa shape index (κ3) is 3.17. The van der Waals surface area contributed by atoms with Gasteiger partial charge in [-0.05, 0) is 52.0 Å². The molecule has 0 aliphatic carbocycles. The first-order chi connectivity index (χ1) is 9.74. The topological polar surface area (TPSA) is 44.4 Å². The van der Waals surface area contributed by atoms with Crippen molar-refractivity contribution in [2.75, 3.05) is 19.6 Å².